The molecule has 0 amide bonds. The third-order valence-electron chi connectivity index (χ3n) is 2.94. The second-order valence-corrected chi connectivity index (χ2v) is 7.08. The van der Waals surface area contributed by atoms with Crippen LogP contribution in [0.4, 0.5) is 0 Å². The van der Waals surface area contributed by atoms with Gasteiger partial charge in [0, 0.05) is 12.1 Å². The molecule has 0 radical (unpaired) electrons. The third kappa shape index (κ3) is 5.81. The highest BCUT2D eigenvalue weighted by molar-refractivity contribution is 7.89. The maximum atomic E-state index is 11.7. The van der Waals surface area contributed by atoms with Crippen molar-refractivity contribution in [3.63, 3.8) is 0 Å². The van der Waals surface area contributed by atoms with Crippen LogP contribution in [0.1, 0.15) is 33.6 Å². The highest BCUT2D eigenvalue weighted by Gasteiger charge is 2.29. The van der Waals surface area contributed by atoms with Crippen LogP contribution < -0.4 is 10.0 Å². The molecule has 0 spiro atoms. The molecule has 0 bridgehead atoms. The molecule has 1 aliphatic heterocycles. The Morgan fingerprint density at radius 3 is 2.71 bits per heavy atom. The van der Waals surface area contributed by atoms with Gasteiger partial charge < -0.3 is 10.1 Å². The van der Waals surface area contributed by atoms with Gasteiger partial charge in [-0.1, -0.05) is 0 Å². The molecular weight excluding hydrogens is 240 g/mol. The van der Waals surface area contributed by atoms with Crippen LogP contribution in [0.15, 0.2) is 0 Å². The Morgan fingerprint density at radius 2 is 2.18 bits per heavy atom. The van der Waals surface area contributed by atoms with E-state index in [4.69, 9.17) is 4.74 Å². The molecule has 1 saturated heterocycles. The molecule has 1 aliphatic rings. The predicted molar refractivity (Wildman–Crippen MR) is 68.5 cm³/mol. The SMILES string of the molecule is CC(C)OCCS(=O)(=O)NCC1(C)CCCN1. The number of ether oxygens (including phenoxy) is 1. The summed E-state index contributed by atoms with van der Waals surface area (Å²) < 4.78 is 31.3. The van der Waals surface area contributed by atoms with Crippen molar-refractivity contribution >= 4 is 10.0 Å². The van der Waals surface area contributed by atoms with E-state index in [0.717, 1.165) is 19.4 Å². The molecule has 0 aromatic heterocycles. The zero-order valence-electron chi connectivity index (χ0n) is 11.0. The van der Waals surface area contributed by atoms with Gasteiger partial charge in [-0.15, -0.1) is 0 Å². The Morgan fingerprint density at radius 1 is 1.47 bits per heavy atom. The molecule has 0 aromatic rings. The zero-order chi connectivity index (χ0) is 12.9. The Balaban J connectivity index is 2.29. The summed E-state index contributed by atoms with van der Waals surface area (Å²) in [5.41, 5.74) is -0.0913. The van der Waals surface area contributed by atoms with E-state index >= 15 is 0 Å². The Hall–Kier alpha value is -0.170. The standard InChI is InChI=1S/C11H24N2O3S/c1-10(2)16-7-8-17(14,15)13-9-11(3)5-4-6-12-11/h10,12-13H,4-9H2,1-3H3. The smallest absolute Gasteiger partial charge is 0.213 e. The highest BCUT2D eigenvalue weighted by Crippen LogP contribution is 2.17. The van der Waals surface area contributed by atoms with Crippen molar-refractivity contribution in [2.45, 2.75) is 45.3 Å². The van der Waals surface area contributed by atoms with Gasteiger partial charge in [0.25, 0.3) is 0 Å². The molecule has 17 heavy (non-hydrogen) atoms. The number of hydrogen-bond acceptors (Lipinski definition) is 4. The van der Waals surface area contributed by atoms with E-state index in [1.165, 1.54) is 0 Å². The van der Waals surface area contributed by atoms with Gasteiger partial charge in [-0.3, -0.25) is 0 Å². The lowest BCUT2D eigenvalue weighted by Crippen LogP contribution is -2.48. The summed E-state index contributed by atoms with van der Waals surface area (Å²) >= 11 is 0. The van der Waals surface area contributed by atoms with Crippen molar-refractivity contribution in [2.75, 3.05) is 25.4 Å². The molecule has 1 atom stereocenters. The van der Waals surface area contributed by atoms with Crippen LogP contribution in [0.2, 0.25) is 0 Å². The molecule has 2 N–H and O–H groups in total. The summed E-state index contributed by atoms with van der Waals surface area (Å²) in [6.07, 6.45) is 2.19. The number of nitrogens with one attached hydrogen (secondary N) is 2. The van der Waals surface area contributed by atoms with E-state index in [2.05, 4.69) is 10.0 Å². The summed E-state index contributed by atoms with van der Waals surface area (Å²) in [6, 6.07) is 0. The molecule has 0 saturated carbocycles. The van der Waals surface area contributed by atoms with Gasteiger partial charge in [0.15, 0.2) is 0 Å². The highest BCUT2D eigenvalue weighted by atomic mass is 32.2. The summed E-state index contributed by atoms with van der Waals surface area (Å²) in [5, 5.41) is 3.32. The maximum absolute atomic E-state index is 11.7. The summed E-state index contributed by atoms with van der Waals surface area (Å²) in [7, 11) is -3.22. The van der Waals surface area contributed by atoms with Crippen molar-refractivity contribution in [1.82, 2.24) is 10.0 Å². The fraction of sp³-hybridized carbons (Fsp3) is 1.00. The summed E-state index contributed by atoms with van der Waals surface area (Å²) in [5.74, 6) is 0.0290. The summed E-state index contributed by atoms with van der Waals surface area (Å²) in [6.45, 7) is 7.50. The molecule has 102 valence electrons. The first-order chi connectivity index (χ1) is 7.83. The van der Waals surface area contributed by atoms with Gasteiger partial charge in [0.05, 0.1) is 18.5 Å². The van der Waals surface area contributed by atoms with Crippen LogP contribution >= 0.6 is 0 Å². The quantitative estimate of drug-likeness (QED) is 0.701. The molecule has 1 heterocycles. The number of sulfonamides is 1. The van der Waals surface area contributed by atoms with Gasteiger partial charge in [-0.2, -0.15) is 0 Å². The normalized spacial score (nSPS) is 25.6. The lowest BCUT2D eigenvalue weighted by Gasteiger charge is -2.24. The van der Waals surface area contributed by atoms with Crippen molar-refractivity contribution < 1.29 is 13.2 Å². The zero-order valence-corrected chi connectivity index (χ0v) is 11.8. The monoisotopic (exact) mass is 264 g/mol. The van der Waals surface area contributed by atoms with Crippen LogP contribution in [0.25, 0.3) is 0 Å². The molecule has 0 aliphatic carbocycles. The lowest BCUT2D eigenvalue weighted by atomic mass is 10.0. The first-order valence-corrected chi connectivity index (χ1v) is 7.82. The van der Waals surface area contributed by atoms with Crippen LogP contribution in [0.3, 0.4) is 0 Å². The second-order valence-electron chi connectivity index (χ2n) is 5.15. The molecule has 1 rings (SSSR count). The minimum Gasteiger partial charge on any atom is -0.378 e. The molecule has 0 aromatic carbocycles. The van der Waals surface area contributed by atoms with Gasteiger partial charge in [0.1, 0.15) is 0 Å². The van der Waals surface area contributed by atoms with E-state index in [1.54, 1.807) is 0 Å². The first kappa shape index (κ1) is 14.9. The fourth-order valence-electron chi connectivity index (χ4n) is 1.84. The van der Waals surface area contributed by atoms with Crippen molar-refractivity contribution in [3.8, 4) is 0 Å². The number of rotatable bonds is 7. The topological polar surface area (TPSA) is 67.4 Å². The van der Waals surface area contributed by atoms with Crippen molar-refractivity contribution in [2.24, 2.45) is 0 Å². The molecular formula is C11H24N2O3S. The second kappa shape index (κ2) is 6.13. The average molecular weight is 264 g/mol. The van der Waals surface area contributed by atoms with Gasteiger partial charge in [0.2, 0.25) is 10.0 Å². The van der Waals surface area contributed by atoms with Crippen molar-refractivity contribution in [3.05, 3.63) is 0 Å². The van der Waals surface area contributed by atoms with E-state index in [0.29, 0.717) is 6.54 Å². The minimum atomic E-state index is -3.22. The van der Waals surface area contributed by atoms with Crippen LogP contribution in [-0.4, -0.2) is 45.5 Å². The third-order valence-corrected chi connectivity index (χ3v) is 4.23. The number of hydrogen-bond donors (Lipinski definition) is 2. The first-order valence-electron chi connectivity index (χ1n) is 6.17. The Labute approximate surface area is 104 Å². The minimum absolute atomic E-state index is 0.0290. The largest absolute Gasteiger partial charge is 0.378 e. The molecule has 6 heteroatoms. The van der Waals surface area contributed by atoms with Crippen LogP contribution in [-0.2, 0) is 14.8 Å². The fourth-order valence-corrected chi connectivity index (χ4v) is 2.84. The van der Waals surface area contributed by atoms with Crippen molar-refractivity contribution in [1.29, 1.82) is 0 Å². The van der Waals surface area contributed by atoms with E-state index in [1.807, 2.05) is 20.8 Å². The predicted octanol–water partition coefficient (Wildman–Crippen LogP) is 0.473. The van der Waals surface area contributed by atoms with Crippen LogP contribution in [0.5, 0.6) is 0 Å². The maximum Gasteiger partial charge on any atom is 0.213 e. The van der Waals surface area contributed by atoms with E-state index in [9.17, 15) is 8.42 Å². The van der Waals surface area contributed by atoms with Gasteiger partial charge >= 0.3 is 0 Å². The molecule has 1 fully saturated rings. The van der Waals surface area contributed by atoms with E-state index < -0.39 is 10.0 Å². The van der Waals surface area contributed by atoms with Gasteiger partial charge in [-0.05, 0) is 40.2 Å². The molecule has 1 unspecified atom stereocenters. The molecule has 5 nitrogen and oxygen atoms in total. The average Bonchev–Trinajstić information content (AvgIpc) is 2.63. The Bertz CT molecular complexity index is 322. The van der Waals surface area contributed by atoms with Gasteiger partial charge in [-0.25, -0.2) is 13.1 Å². The summed E-state index contributed by atoms with van der Waals surface area (Å²) in [4.78, 5) is 0. The van der Waals surface area contributed by atoms with Crippen LogP contribution in [0, 0.1) is 0 Å². The van der Waals surface area contributed by atoms with E-state index in [-0.39, 0.29) is 24.0 Å². The Kier molecular flexibility index (Phi) is 5.37. The lowest BCUT2D eigenvalue weighted by molar-refractivity contribution is 0.0911.